The van der Waals surface area contributed by atoms with Gasteiger partial charge in [0.05, 0.1) is 11.4 Å². The lowest BCUT2D eigenvalue weighted by molar-refractivity contribution is 0.0977. The number of hydrogen-bond acceptors (Lipinski definition) is 5. The van der Waals surface area contributed by atoms with Gasteiger partial charge in [-0.05, 0) is 55.3 Å². The number of fused-ring (bicyclic) bond motifs is 1. The SMILES string of the molecule is Cc1ccc(Cn2c(C)nc3ccc(C(=O)NS(=O)(=O)c4ccccc4)nc32)c(Cl)c1. The van der Waals surface area contributed by atoms with Crippen molar-refractivity contribution in [2.24, 2.45) is 0 Å². The number of rotatable bonds is 5. The van der Waals surface area contributed by atoms with E-state index in [9.17, 15) is 13.2 Å². The van der Waals surface area contributed by atoms with Gasteiger partial charge in [0.1, 0.15) is 17.0 Å². The van der Waals surface area contributed by atoms with Gasteiger partial charge in [0.15, 0.2) is 5.65 Å². The number of hydrogen-bond donors (Lipinski definition) is 1. The van der Waals surface area contributed by atoms with E-state index in [-0.39, 0.29) is 10.6 Å². The molecule has 0 bridgehead atoms. The normalized spacial score (nSPS) is 11.6. The summed E-state index contributed by atoms with van der Waals surface area (Å²) in [6, 6.07) is 16.6. The van der Waals surface area contributed by atoms with Gasteiger partial charge >= 0.3 is 0 Å². The van der Waals surface area contributed by atoms with E-state index in [2.05, 4.69) is 14.7 Å². The van der Waals surface area contributed by atoms with E-state index in [1.54, 1.807) is 24.3 Å². The average molecular weight is 455 g/mol. The van der Waals surface area contributed by atoms with Crippen LogP contribution in [0.5, 0.6) is 0 Å². The molecule has 0 radical (unpaired) electrons. The van der Waals surface area contributed by atoms with Gasteiger partial charge in [0.25, 0.3) is 15.9 Å². The molecule has 0 aliphatic carbocycles. The monoisotopic (exact) mass is 454 g/mol. The number of benzene rings is 2. The van der Waals surface area contributed by atoms with Crippen LogP contribution in [0.25, 0.3) is 11.2 Å². The van der Waals surface area contributed by atoms with Crippen LogP contribution in [0.1, 0.15) is 27.4 Å². The Hall–Kier alpha value is -3.23. The molecule has 2 aromatic heterocycles. The minimum atomic E-state index is -4.00. The zero-order valence-electron chi connectivity index (χ0n) is 16.8. The number of halogens is 1. The van der Waals surface area contributed by atoms with E-state index in [1.807, 2.05) is 36.6 Å². The maximum atomic E-state index is 12.6. The molecule has 1 amide bonds. The maximum absolute atomic E-state index is 12.6. The summed E-state index contributed by atoms with van der Waals surface area (Å²) in [6.45, 7) is 4.22. The third kappa shape index (κ3) is 4.30. The molecule has 9 heteroatoms. The fourth-order valence-corrected chi connectivity index (χ4v) is 4.49. The Morgan fingerprint density at radius 2 is 1.77 bits per heavy atom. The molecule has 0 atom stereocenters. The highest BCUT2D eigenvalue weighted by Crippen LogP contribution is 2.22. The Balaban J connectivity index is 1.67. The first-order valence-electron chi connectivity index (χ1n) is 9.46. The summed E-state index contributed by atoms with van der Waals surface area (Å²) in [4.78, 5) is 21.5. The molecule has 1 N–H and O–H groups in total. The Kier molecular flexibility index (Phi) is 5.51. The first-order valence-corrected chi connectivity index (χ1v) is 11.3. The largest absolute Gasteiger partial charge is 0.308 e. The maximum Gasteiger partial charge on any atom is 0.283 e. The van der Waals surface area contributed by atoms with Crippen molar-refractivity contribution in [2.45, 2.75) is 25.3 Å². The molecular weight excluding hydrogens is 436 g/mol. The molecule has 0 saturated carbocycles. The molecule has 31 heavy (non-hydrogen) atoms. The fraction of sp³-hybridized carbons (Fsp3) is 0.136. The van der Waals surface area contributed by atoms with Crippen LogP contribution in [-0.2, 0) is 16.6 Å². The Morgan fingerprint density at radius 1 is 1.03 bits per heavy atom. The molecule has 0 unspecified atom stereocenters. The van der Waals surface area contributed by atoms with Gasteiger partial charge in [-0.2, -0.15) is 0 Å². The summed E-state index contributed by atoms with van der Waals surface area (Å²) in [6.07, 6.45) is 0. The molecule has 0 spiro atoms. The van der Waals surface area contributed by atoms with Crippen LogP contribution in [0.3, 0.4) is 0 Å². The second kappa shape index (κ2) is 8.13. The lowest BCUT2D eigenvalue weighted by Gasteiger charge is -2.10. The van der Waals surface area contributed by atoms with Crippen LogP contribution < -0.4 is 4.72 Å². The number of pyridine rings is 1. The quantitative estimate of drug-likeness (QED) is 0.494. The van der Waals surface area contributed by atoms with Gasteiger partial charge in [-0.15, -0.1) is 0 Å². The number of nitrogens with zero attached hydrogens (tertiary/aromatic N) is 3. The van der Waals surface area contributed by atoms with Crippen LogP contribution >= 0.6 is 11.6 Å². The average Bonchev–Trinajstić information content (AvgIpc) is 3.04. The number of nitrogens with one attached hydrogen (secondary N) is 1. The number of aromatic nitrogens is 3. The zero-order valence-corrected chi connectivity index (χ0v) is 18.4. The van der Waals surface area contributed by atoms with Crippen molar-refractivity contribution in [3.8, 4) is 0 Å². The predicted octanol–water partition coefficient (Wildman–Crippen LogP) is 3.87. The highest BCUT2D eigenvalue weighted by Gasteiger charge is 2.20. The van der Waals surface area contributed by atoms with Crippen LogP contribution in [0.4, 0.5) is 0 Å². The molecule has 0 aliphatic heterocycles. The van der Waals surface area contributed by atoms with E-state index in [0.717, 1.165) is 11.1 Å². The smallest absolute Gasteiger partial charge is 0.283 e. The van der Waals surface area contributed by atoms with Crippen LogP contribution in [0.2, 0.25) is 5.02 Å². The molecular formula is C22H19ClN4O3S. The Labute approximate surface area is 184 Å². The minimum absolute atomic E-state index is 0.000623. The lowest BCUT2D eigenvalue weighted by atomic mass is 10.1. The molecule has 0 fully saturated rings. The third-order valence-corrected chi connectivity index (χ3v) is 6.53. The second-order valence-corrected chi connectivity index (χ2v) is 9.22. The number of carbonyl (C=O) groups is 1. The molecule has 2 heterocycles. The van der Waals surface area contributed by atoms with Gasteiger partial charge in [0, 0.05) is 5.02 Å². The summed E-state index contributed by atoms with van der Waals surface area (Å²) < 4.78 is 28.8. The highest BCUT2D eigenvalue weighted by atomic mass is 35.5. The number of carbonyl (C=O) groups excluding carboxylic acids is 1. The Bertz CT molecular complexity index is 1400. The highest BCUT2D eigenvalue weighted by molar-refractivity contribution is 7.90. The molecule has 0 aliphatic rings. The first kappa shape index (κ1) is 21.0. The number of imidazole rings is 1. The van der Waals surface area contributed by atoms with Gasteiger partial charge in [-0.1, -0.05) is 41.9 Å². The van der Waals surface area contributed by atoms with E-state index >= 15 is 0 Å². The standard InChI is InChI=1S/C22H19ClN4O3S/c1-14-8-9-16(18(23)12-14)13-27-15(2)24-19-10-11-20(25-21(19)27)22(28)26-31(29,30)17-6-4-3-5-7-17/h3-12H,13H2,1-2H3,(H,26,28). The van der Waals surface area contributed by atoms with E-state index in [4.69, 9.17) is 11.6 Å². The lowest BCUT2D eigenvalue weighted by Crippen LogP contribution is -2.31. The van der Waals surface area contributed by atoms with Crippen molar-refractivity contribution < 1.29 is 13.2 Å². The fourth-order valence-electron chi connectivity index (χ4n) is 3.21. The van der Waals surface area contributed by atoms with Crippen molar-refractivity contribution >= 4 is 38.7 Å². The molecule has 7 nitrogen and oxygen atoms in total. The summed E-state index contributed by atoms with van der Waals surface area (Å²) in [5.41, 5.74) is 2.99. The molecule has 4 rings (SSSR count). The van der Waals surface area contributed by atoms with Crippen molar-refractivity contribution in [1.29, 1.82) is 0 Å². The number of sulfonamides is 1. The van der Waals surface area contributed by atoms with Crippen LogP contribution in [0.15, 0.2) is 65.6 Å². The second-order valence-electron chi connectivity index (χ2n) is 7.13. The van der Waals surface area contributed by atoms with Gasteiger partial charge in [-0.25, -0.2) is 23.1 Å². The molecule has 158 valence electrons. The summed E-state index contributed by atoms with van der Waals surface area (Å²) in [5.74, 6) is -0.113. The molecule has 0 saturated heterocycles. The van der Waals surface area contributed by atoms with E-state index in [0.29, 0.717) is 28.6 Å². The molecule has 2 aromatic carbocycles. The van der Waals surface area contributed by atoms with Crippen LogP contribution in [0, 0.1) is 13.8 Å². The minimum Gasteiger partial charge on any atom is -0.308 e. The topological polar surface area (TPSA) is 94.0 Å². The third-order valence-electron chi connectivity index (χ3n) is 4.83. The summed E-state index contributed by atoms with van der Waals surface area (Å²) in [5, 5.41) is 0.629. The van der Waals surface area contributed by atoms with E-state index in [1.165, 1.54) is 18.2 Å². The summed E-state index contributed by atoms with van der Waals surface area (Å²) in [7, 11) is -4.00. The zero-order chi connectivity index (χ0) is 22.2. The summed E-state index contributed by atoms with van der Waals surface area (Å²) >= 11 is 6.38. The van der Waals surface area contributed by atoms with Crippen molar-refractivity contribution in [3.05, 3.63) is 88.3 Å². The molecule has 4 aromatic rings. The van der Waals surface area contributed by atoms with Crippen molar-refractivity contribution in [3.63, 3.8) is 0 Å². The van der Waals surface area contributed by atoms with Gasteiger partial charge in [0.2, 0.25) is 0 Å². The van der Waals surface area contributed by atoms with Crippen molar-refractivity contribution in [2.75, 3.05) is 0 Å². The van der Waals surface area contributed by atoms with Crippen LogP contribution in [-0.4, -0.2) is 28.9 Å². The number of amides is 1. The van der Waals surface area contributed by atoms with Gasteiger partial charge < -0.3 is 4.57 Å². The predicted molar refractivity (Wildman–Crippen MR) is 119 cm³/mol. The van der Waals surface area contributed by atoms with E-state index < -0.39 is 15.9 Å². The number of aryl methyl sites for hydroxylation is 2. The first-order chi connectivity index (χ1) is 14.7. The van der Waals surface area contributed by atoms with Crippen molar-refractivity contribution in [1.82, 2.24) is 19.3 Å². The Morgan fingerprint density at radius 3 is 2.48 bits per heavy atom. The van der Waals surface area contributed by atoms with Gasteiger partial charge in [-0.3, -0.25) is 4.79 Å².